The quantitative estimate of drug-likeness (QED) is 0.629. The van der Waals surface area contributed by atoms with Crippen molar-refractivity contribution in [2.24, 2.45) is 0 Å². The molecule has 0 atom stereocenters. The molecule has 0 spiro atoms. The molecule has 0 N–H and O–H groups in total. The van der Waals surface area contributed by atoms with E-state index in [1.165, 1.54) is 0 Å². The van der Waals surface area contributed by atoms with Crippen LogP contribution in [0.15, 0.2) is 6.07 Å². The summed E-state index contributed by atoms with van der Waals surface area (Å²) in [5.74, 6) is 0. The van der Waals surface area contributed by atoms with Crippen molar-refractivity contribution in [3.8, 4) is 6.07 Å². The topological polar surface area (TPSA) is 53.8 Å². The first-order valence-corrected chi connectivity index (χ1v) is 4.99. The summed E-state index contributed by atoms with van der Waals surface area (Å²) in [7, 11) is 0. The van der Waals surface area contributed by atoms with Gasteiger partial charge in [-0.25, -0.2) is 13.8 Å². The Morgan fingerprint density at radius 2 is 2.33 bits per heavy atom. The molecule has 0 aliphatic heterocycles. The molecule has 3 nitrogen and oxygen atoms in total. The number of alkyl halides is 3. The Bertz CT molecular complexity index is 429. The molecule has 0 aliphatic carbocycles. The highest BCUT2D eigenvalue weighted by molar-refractivity contribution is 9.08. The van der Waals surface area contributed by atoms with Crippen LogP contribution in [0.1, 0.15) is 33.7 Å². The van der Waals surface area contributed by atoms with Gasteiger partial charge in [-0.2, -0.15) is 5.26 Å². The van der Waals surface area contributed by atoms with Crippen molar-refractivity contribution in [1.29, 1.82) is 5.26 Å². The summed E-state index contributed by atoms with van der Waals surface area (Å²) in [4.78, 5) is 14.1. The van der Waals surface area contributed by atoms with E-state index in [-0.39, 0.29) is 16.6 Å². The van der Waals surface area contributed by atoms with Crippen LogP contribution in [0.4, 0.5) is 8.78 Å². The number of aldehydes is 1. The number of carbonyl (C=O) groups is 1. The Kier molecular flexibility index (Phi) is 3.86. The highest BCUT2D eigenvalue weighted by Crippen LogP contribution is 2.22. The largest absolute Gasteiger partial charge is 0.298 e. The second-order valence-corrected chi connectivity index (χ2v) is 3.19. The molecule has 1 heterocycles. The number of hydrogen-bond acceptors (Lipinski definition) is 3. The molecule has 0 fully saturated rings. The van der Waals surface area contributed by atoms with Gasteiger partial charge in [0.15, 0.2) is 6.29 Å². The summed E-state index contributed by atoms with van der Waals surface area (Å²) in [6, 6.07) is 2.68. The van der Waals surface area contributed by atoms with Gasteiger partial charge >= 0.3 is 0 Å². The van der Waals surface area contributed by atoms with Crippen molar-refractivity contribution in [1.82, 2.24) is 4.98 Å². The number of carbonyl (C=O) groups excluding carboxylic acids is 1. The molecule has 1 aromatic heterocycles. The van der Waals surface area contributed by atoms with Gasteiger partial charge in [-0.05, 0) is 6.07 Å². The van der Waals surface area contributed by atoms with Gasteiger partial charge in [0.25, 0.3) is 6.43 Å². The third-order valence-electron chi connectivity index (χ3n) is 1.77. The Balaban J connectivity index is 3.44. The molecule has 0 unspecified atom stereocenters. The standard InChI is InChI=1S/C9H5BrF2N2O/c10-2-6-5(4-15)1-7(9(11)12)14-8(6)3-13/h1,4,9H,2H2. The van der Waals surface area contributed by atoms with Crippen molar-refractivity contribution >= 4 is 22.2 Å². The fraction of sp³-hybridized carbons (Fsp3) is 0.222. The molecular weight excluding hydrogens is 270 g/mol. The van der Waals surface area contributed by atoms with Crippen LogP contribution in [-0.4, -0.2) is 11.3 Å². The number of halogens is 3. The third kappa shape index (κ3) is 2.36. The number of aromatic nitrogens is 1. The number of nitriles is 1. The molecule has 1 aromatic rings. The van der Waals surface area contributed by atoms with Crippen LogP contribution in [-0.2, 0) is 5.33 Å². The van der Waals surface area contributed by atoms with Crippen molar-refractivity contribution in [3.63, 3.8) is 0 Å². The summed E-state index contributed by atoms with van der Waals surface area (Å²) in [5, 5.41) is 8.90. The second-order valence-electron chi connectivity index (χ2n) is 2.63. The van der Waals surface area contributed by atoms with E-state index in [1.54, 1.807) is 6.07 Å². The summed E-state index contributed by atoms with van der Waals surface area (Å²) < 4.78 is 24.7. The molecule has 0 aliphatic rings. The van der Waals surface area contributed by atoms with Gasteiger partial charge in [0.1, 0.15) is 17.5 Å². The van der Waals surface area contributed by atoms with Crippen LogP contribution in [0.25, 0.3) is 0 Å². The van der Waals surface area contributed by atoms with E-state index >= 15 is 0 Å². The fourth-order valence-corrected chi connectivity index (χ4v) is 1.65. The molecule has 1 rings (SSSR count). The predicted molar refractivity (Wildman–Crippen MR) is 51.9 cm³/mol. The molecule has 6 heteroatoms. The van der Waals surface area contributed by atoms with Crippen LogP contribution >= 0.6 is 15.9 Å². The van der Waals surface area contributed by atoms with E-state index in [4.69, 9.17) is 5.26 Å². The van der Waals surface area contributed by atoms with Crippen LogP contribution < -0.4 is 0 Å². The lowest BCUT2D eigenvalue weighted by molar-refractivity contribution is 0.112. The van der Waals surface area contributed by atoms with Crippen LogP contribution in [0, 0.1) is 11.3 Å². The molecule has 0 amide bonds. The van der Waals surface area contributed by atoms with Crippen LogP contribution in [0.3, 0.4) is 0 Å². The van der Waals surface area contributed by atoms with Gasteiger partial charge in [0.2, 0.25) is 0 Å². The zero-order valence-electron chi connectivity index (χ0n) is 7.38. The number of rotatable bonds is 3. The van der Waals surface area contributed by atoms with E-state index < -0.39 is 12.1 Å². The summed E-state index contributed by atoms with van der Waals surface area (Å²) in [5.41, 5.74) is -0.309. The monoisotopic (exact) mass is 274 g/mol. The summed E-state index contributed by atoms with van der Waals surface area (Å²) in [6.45, 7) is 0. The predicted octanol–water partition coefficient (Wildman–Crippen LogP) is 2.60. The average molecular weight is 275 g/mol. The summed E-state index contributed by atoms with van der Waals surface area (Å²) >= 11 is 3.06. The first-order valence-electron chi connectivity index (χ1n) is 3.87. The van der Waals surface area contributed by atoms with Gasteiger partial charge in [0.05, 0.1) is 0 Å². The maximum atomic E-state index is 12.3. The zero-order valence-corrected chi connectivity index (χ0v) is 8.96. The smallest absolute Gasteiger partial charge is 0.280 e. The normalized spacial score (nSPS) is 10.1. The maximum absolute atomic E-state index is 12.3. The minimum Gasteiger partial charge on any atom is -0.298 e. The maximum Gasteiger partial charge on any atom is 0.280 e. The van der Waals surface area contributed by atoms with Crippen LogP contribution in [0.2, 0.25) is 0 Å². The highest BCUT2D eigenvalue weighted by atomic mass is 79.9. The number of hydrogen-bond donors (Lipinski definition) is 0. The SMILES string of the molecule is N#Cc1nc(C(F)F)cc(C=O)c1CBr. The first-order chi connectivity index (χ1) is 7.13. The Morgan fingerprint density at radius 1 is 1.67 bits per heavy atom. The third-order valence-corrected chi connectivity index (χ3v) is 2.33. The molecule has 0 bridgehead atoms. The Hall–Kier alpha value is -1.35. The molecule has 0 saturated carbocycles. The van der Waals surface area contributed by atoms with E-state index in [9.17, 15) is 13.6 Å². The molecular formula is C9H5BrF2N2O. The van der Waals surface area contributed by atoms with Gasteiger partial charge in [-0.3, -0.25) is 4.79 Å². The van der Waals surface area contributed by atoms with Gasteiger partial charge in [-0.15, -0.1) is 0 Å². The van der Waals surface area contributed by atoms with Gasteiger partial charge in [0, 0.05) is 16.5 Å². The molecule has 15 heavy (non-hydrogen) atoms. The van der Waals surface area contributed by atoms with E-state index in [0.717, 1.165) is 6.07 Å². The highest BCUT2D eigenvalue weighted by Gasteiger charge is 2.16. The molecule has 0 saturated heterocycles. The lowest BCUT2D eigenvalue weighted by atomic mass is 10.1. The number of nitrogens with zero attached hydrogens (tertiary/aromatic N) is 2. The van der Waals surface area contributed by atoms with Crippen molar-refractivity contribution < 1.29 is 13.6 Å². The minimum absolute atomic E-state index is 0.0636. The lowest BCUT2D eigenvalue weighted by Gasteiger charge is -2.06. The van der Waals surface area contributed by atoms with E-state index in [1.807, 2.05) is 0 Å². The van der Waals surface area contributed by atoms with Crippen LogP contribution in [0.5, 0.6) is 0 Å². The van der Waals surface area contributed by atoms with Crippen molar-refractivity contribution in [2.75, 3.05) is 0 Å². The first kappa shape index (κ1) is 11.7. The minimum atomic E-state index is -2.79. The van der Waals surface area contributed by atoms with Gasteiger partial charge < -0.3 is 0 Å². The Labute approximate surface area is 92.9 Å². The Morgan fingerprint density at radius 3 is 2.73 bits per heavy atom. The van der Waals surface area contributed by atoms with E-state index in [0.29, 0.717) is 11.8 Å². The average Bonchev–Trinajstić information content (AvgIpc) is 2.26. The lowest BCUT2D eigenvalue weighted by Crippen LogP contribution is -2.02. The molecule has 0 radical (unpaired) electrons. The zero-order chi connectivity index (χ0) is 11.4. The summed E-state index contributed by atoms with van der Waals surface area (Å²) in [6.07, 6.45) is -2.36. The fourth-order valence-electron chi connectivity index (χ4n) is 1.06. The van der Waals surface area contributed by atoms with Gasteiger partial charge in [-0.1, -0.05) is 15.9 Å². The van der Waals surface area contributed by atoms with E-state index in [2.05, 4.69) is 20.9 Å². The number of pyridine rings is 1. The van der Waals surface area contributed by atoms with Crippen molar-refractivity contribution in [2.45, 2.75) is 11.8 Å². The molecule has 0 aromatic carbocycles. The van der Waals surface area contributed by atoms with Crippen molar-refractivity contribution in [3.05, 3.63) is 28.6 Å². The molecule has 78 valence electrons. The second kappa shape index (κ2) is 4.94.